The quantitative estimate of drug-likeness (QED) is 0.597. The Bertz CT molecular complexity index is 396. The van der Waals surface area contributed by atoms with E-state index in [4.69, 9.17) is 11.6 Å². The molecule has 1 aliphatic carbocycles. The lowest BCUT2D eigenvalue weighted by atomic mass is 10.2. The number of rotatable bonds is 5. The van der Waals surface area contributed by atoms with Crippen molar-refractivity contribution in [1.82, 2.24) is 9.97 Å². The highest BCUT2D eigenvalue weighted by Gasteiger charge is 2.29. The van der Waals surface area contributed by atoms with Crippen LogP contribution in [-0.2, 0) is 0 Å². The summed E-state index contributed by atoms with van der Waals surface area (Å²) in [6.45, 7) is 0.374. The van der Waals surface area contributed by atoms with Gasteiger partial charge >= 0.3 is 0 Å². The molecule has 0 radical (unpaired) electrons. The van der Waals surface area contributed by atoms with E-state index in [1.165, 1.54) is 6.33 Å². The van der Waals surface area contributed by atoms with E-state index in [0.29, 0.717) is 24.6 Å². The van der Waals surface area contributed by atoms with E-state index < -0.39 is 6.10 Å². The molecule has 0 saturated heterocycles. The molecule has 16 heavy (non-hydrogen) atoms. The van der Waals surface area contributed by atoms with Gasteiger partial charge in [-0.3, -0.25) is 4.79 Å². The van der Waals surface area contributed by atoms with Crippen molar-refractivity contribution in [1.29, 1.82) is 0 Å². The highest BCUT2D eigenvalue weighted by molar-refractivity contribution is 6.32. The van der Waals surface area contributed by atoms with Crippen LogP contribution in [-0.4, -0.2) is 34.0 Å². The second-order valence-corrected chi connectivity index (χ2v) is 4.19. The average molecular weight is 242 g/mol. The Morgan fingerprint density at radius 1 is 1.62 bits per heavy atom. The Morgan fingerprint density at radius 3 is 3.00 bits per heavy atom. The lowest BCUT2D eigenvalue weighted by Gasteiger charge is -2.12. The Hall–Kier alpha value is -1.20. The van der Waals surface area contributed by atoms with E-state index in [0.717, 1.165) is 12.8 Å². The van der Waals surface area contributed by atoms with Crippen LogP contribution in [0, 0.1) is 5.92 Å². The maximum absolute atomic E-state index is 10.8. The van der Waals surface area contributed by atoms with Gasteiger partial charge < -0.3 is 10.4 Å². The van der Waals surface area contributed by atoms with Gasteiger partial charge in [0.05, 0.1) is 11.7 Å². The van der Waals surface area contributed by atoms with Crippen molar-refractivity contribution < 1.29 is 9.90 Å². The third-order valence-corrected chi connectivity index (χ3v) is 2.90. The molecule has 2 N–H and O–H groups in total. The predicted molar refractivity (Wildman–Crippen MR) is 59.7 cm³/mol. The summed E-state index contributed by atoms with van der Waals surface area (Å²) in [6.07, 6.45) is 3.62. The second-order valence-electron chi connectivity index (χ2n) is 3.83. The van der Waals surface area contributed by atoms with Gasteiger partial charge in [0.1, 0.15) is 17.3 Å². The summed E-state index contributed by atoms with van der Waals surface area (Å²) < 4.78 is 0. The summed E-state index contributed by atoms with van der Waals surface area (Å²) >= 11 is 5.73. The van der Waals surface area contributed by atoms with Crippen LogP contribution in [0.4, 0.5) is 5.82 Å². The fourth-order valence-electron chi connectivity index (χ4n) is 1.47. The number of hydrogen-bond acceptors (Lipinski definition) is 5. The molecule has 0 spiro atoms. The van der Waals surface area contributed by atoms with Gasteiger partial charge in [0.25, 0.3) is 0 Å². The second kappa shape index (κ2) is 4.76. The van der Waals surface area contributed by atoms with Gasteiger partial charge in [-0.1, -0.05) is 11.6 Å². The zero-order valence-corrected chi connectivity index (χ0v) is 9.31. The maximum atomic E-state index is 10.8. The monoisotopic (exact) mass is 241 g/mol. The molecule has 1 aromatic heterocycles. The zero-order chi connectivity index (χ0) is 11.5. The first-order valence-corrected chi connectivity index (χ1v) is 5.47. The van der Waals surface area contributed by atoms with Gasteiger partial charge in [0, 0.05) is 6.54 Å². The van der Waals surface area contributed by atoms with Crippen molar-refractivity contribution in [2.45, 2.75) is 18.9 Å². The number of aliphatic hydroxyl groups excluding tert-OH is 1. The largest absolute Gasteiger partial charge is 0.391 e. The normalized spacial score (nSPS) is 16.9. The number of hydrogen-bond donors (Lipinski definition) is 2. The predicted octanol–water partition coefficient (Wildman–Crippen LogP) is 1.13. The first-order valence-electron chi connectivity index (χ1n) is 5.10. The summed E-state index contributed by atoms with van der Waals surface area (Å²) in [7, 11) is 0. The lowest BCUT2D eigenvalue weighted by Crippen LogP contribution is -2.22. The Balaban J connectivity index is 2.02. The fourth-order valence-corrected chi connectivity index (χ4v) is 1.65. The molecule has 1 unspecified atom stereocenters. The van der Waals surface area contributed by atoms with Crippen molar-refractivity contribution in [2.75, 3.05) is 11.9 Å². The Labute approximate surface area is 97.9 Å². The molecular formula is C10H12ClN3O2. The van der Waals surface area contributed by atoms with Crippen molar-refractivity contribution in [2.24, 2.45) is 5.92 Å². The van der Waals surface area contributed by atoms with E-state index in [1.807, 2.05) is 0 Å². The van der Waals surface area contributed by atoms with E-state index >= 15 is 0 Å². The molecule has 2 rings (SSSR count). The maximum Gasteiger partial charge on any atom is 0.156 e. The van der Waals surface area contributed by atoms with Crippen LogP contribution in [0.1, 0.15) is 23.2 Å². The average Bonchev–Trinajstić information content (AvgIpc) is 3.09. The van der Waals surface area contributed by atoms with Gasteiger partial charge in [-0.05, 0) is 18.8 Å². The van der Waals surface area contributed by atoms with Gasteiger partial charge in [-0.25, -0.2) is 9.97 Å². The molecule has 6 heteroatoms. The molecule has 1 fully saturated rings. The third kappa shape index (κ3) is 2.48. The van der Waals surface area contributed by atoms with Gasteiger partial charge in [-0.15, -0.1) is 0 Å². The van der Waals surface area contributed by atoms with Crippen LogP contribution in [0.15, 0.2) is 6.33 Å². The zero-order valence-electron chi connectivity index (χ0n) is 8.56. The first-order chi connectivity index (χ1) is 7.72. The number of aldehydes is 1. The molecule has 0 bridgehead atoms. The molecule has 0 aromatic carbocycles. The summed E-state index contributed by atoms with van der Waals surface area (Å²) in [6, 6.07) is 0. The smallest absolute Gasteiger partial charge is 0.156 e. The van der Waals surface area contributed by atoms with Crippen molar-refractivity contribution in [3.8, 4) is 0 Å². The van der Waals surface area contributed by atoms with E-state index in [9.17, 15) is 9.90 Å². The lowest BCUT2D eigenvalue weighted by molar-refractivity contribution is 0.112. The number of aromatic nitrogens is 2. The summed E-state index contributed by atoms with van der Waals surface area (Å²) in [5.74, 6) is 0.749. The molecule has 0 amide bonds. The van der Waals surface area contributed by atoms with Crippen molar-refractivity contribution >= 4 is 23.7 Å². The molecular weight excluding hydrogens is 230 g/mol. The first kappa shape index (κ1) is 11.3. The highest BCUT2D eigenvalue weighted by Crippen LogP contribution is 2.32. The number of nitrogens with zero attached hydrogens (tertiary/aromatic N) is 2. The summed E-state index contributed by atoms with van der Waals surface area (Å²) in [4.78, 5) is 18.4. The van der Waals surface area contributed by atoms with Crippen LogP contribution in [0.2, 0.25) is 5.15 Å². The number of anilines is 1. The number of halogens is 1. The summed E-state index contributed by atoms with van der Waals surface area (Å²) in [5.41, 5.74) is 0.229. The molecule has 5 nitrogen and oxygen atoms in total. The van der Waals surface area contributed by atoms with Crippen LogP contribution < -0.4 is 5.32 Å². The number of nitrogens with one attached hydrogen (secondary N) is 1. The third-order valence-electron chi connectivity index (χ3n) is 2.60. The Kier molecular flexibility index (Phi) is 3.36. The van der Waals surface area contributed by atoms with E-state index in [1.54, 1.807) is 0 Å². The molecule has 1 atom stereocenters. The molecule has 0 aliphatic heterocycles. The number of carbonyl (C=O) groups is 1. The van der Waals surface area contributed by atoms with Gasteiger partial charge in [0.15, 0.2) is 6.29 Å². The minimum atomic E-state index is -0.395. The van der Waals surface area contributed by atoms with Crippen LogP contribution >= 0.6 is 11.6 Å². The summed E-state index contributed by atoms with van der Waals surface area (Å²) in [5, 5.41) is 12.7. The fraction of sp³-hybridized carbons (Fsp3) is 0.500. The van der Waals surface area contributed by atoms with Crippen molar-refractivity contribution in [3.63, 3.8) is 0 Å². The molecule has 86 valence electrons. The minimum absolute atomic E-state index is 0.119. The van der Waals surface area contributed by atoms with Gasteiger partial charge in [0.2, 0.25) is 0 Å². The molecule has 1 saturated carbocycles. The van der Waals surface area contributed by atoms with Gasteiger partial charge in [-0.2, -0.15) is 0 Å². The molecule has 1 aromatic rings. The van der Waals surface area contributed by atoms with Crippen LogP contribution in [0.5, 0.6) is 0 Å². The van der Waals surface area contributed by atoms with Crippen LogP contribution in [0.3, 0.4) is 0 Å². The topological polar surface area (TPSA) is 75.1 Å². The van der Waals surface area contributed by atoms with Crippen LogP contribution in [0.25, 0.3) is 0 Å². The number of carbonyl (C=O) groups excluding carboxylic acids is 1. The van der Waals surface area contributed by atoms with Crippen molar-refractivity contribution in [3.05, 3.63) is 17.0 Å². The van der Waals surface area contributed by atoms with E-state index in [2.05, 4.69) is 15.3 Å². The molecule has 1 aliphatic rings. The SMILES string of the molecule is O=Cc1c(Cl)ncnc1NCC(O)C1CC1. The standard InChI is InChI=1S/C10H12ClN3O2/c11-9-7(4-15)10(14-5-13-9)12-3-8(16)6-1-2-6/h4-6,8,16H,1-3H2,(H,12,13,14). The number of aliphatic hydroxyl groups is 1. The van der Waals surface area contributed by atoms with E-state index in [-0.39, 0.29) is 10.7 Å². The highest BCUT2D eigenvalue weighted by atomic mass is 35.5. The molecule has 1 heterocycles. The Morgan fingerprint density at radius 2 is 2.38 bits per heavy atom. The minimum Gasteiger partial charge on any atom is -0.391 e.